The van der Waals surface area contributed by atoms with E-state index in [2.05, 4.69) is 5.32 Å². The molecule has 4 heteroatoms. The van der Waals surface area contributed by atoms with Gasteiger partial charge < -0.3 is 9.73 Å². The highest BCUT2D eigenvalue weighted by atomic mass is 35.5. The Hall–Kier alpha value is -1.74. The van der Waals surface area contributed by atoms with Gasteiger partial charge in [-0.15, -0.1) is 0 Å². The third-order valence-corrected chi connectivity index (χ3v) is 2.72. The van der Waals surface area contributed by atoms with Crippen LogP contribution >= 0.6 is 11.6 Å². The average molecular weight is 250 g/mol. The molecule has 0 saturated heterocycles. The van der Waals surface area contributed by atoms with Crippen molar-refractivity contribution in [2.45, 2.75) is 13.0 Å². The molecule has 0 aliphatic heterocycles. The van der Waals surface area contributed by atoms with Crippen molar-refractivity contribution >= 4 is 17.5 Å². The third-order valence-electron chi connectivity index (χ3n) is 2.35. The first kappa shape index (κ1) is 11.7. The first-order valence-corrected chi connectivity index (χ1v) is 5.66. The molecule has 1 N–H and O–H groups in total. The molecule has 0 bridgehead atoms. The molecule has 1 heterocycles. The number of amides is 1. The lowest BCUT2D eigenvalue weighted by molar-refractivity contribution is -0.120. The van der Waals surface area contributed by atoms with Crippen molar-refractivity contribution in [3.63, 3.8) is 0 Å². The summed E-state index contributed by atoms with van der Waals surface area (Å²) < 4.78 is 5.09. The van der Waals surface area contributed by atoms with Crippen molar-refractivity contribution in [1.29, 1.82) is 0 Å². The number of halogens is 1. The number of hydrogen-bond acceptors (Lipinski definition) is 2. The van der Waals surface area contributed by atoms with Crippen molar-refractivity contribution in [3.05, 3.63) is 59.0 Å². The Bertz CT molecular complexity index is 494. The van der Waals surface area contributed by atoms with Gasteiger partial charge in [0.05, 0.1) is 12.7 Å². The largest absolute Gasteiger partial charge is 0.469 e. The molecule has 1 aromatic heterocycles. The highest BCUT2D eigenvalue weighted by Gasteiger charge is 2.06. The maximum absolute atomic E-state index is 11.6. The summed E-state index contributed by atoms with van der Waals surface area (Å²) in [6.45, 7) is 0.430. The predicted octanol–water partition coefficient (Wildman–Crippen LogP) is 2.79. The van der Waals surface area contributed by atoms with Crippen molar-refractivity contribution in [1.82, 2.24) is 5.32 Å². The molecule has 3 nitrogen and oxygen atoms in total. The van der Waals surface area contributed by atoms with Gasteiger partial charge in [-0.2, -0.15) is 0 Å². The summed E-state index contributed by atoms with van der Waals surface area (Å²) in [5, 5.41) is 3.45. The van der Waals surface area contributed by atoms with Gasteiger partial charge in [0, 0.05) is 11.6 Å². The van der Waals surface area contributed by atoms with Crippen LogP contribution in [0.5, 0.6) is 0 Å². The molecule has 2 aromatic rings. The lowest BCUT2D eigenvalue weighted by Crippen LogP contribution is -2.24. The smallest absolute Gasteiger partial charge is 0.227 e. The SMILES string of the molecule is O=C(Cc1ccco1)NCc1ccccc1Cl. The number of nitrogens with one attached hydrogen (secondary N) is 1. The topological polar surface area (TPSA) is 42.2 Å². The fraction of sp³-hybridized carbons (Fsp3) is 0.154. The van der Waals surface area contributed by atoms with Crippen LogP contribution in [0.1, 0.15) is 11.3 Å². The summed E-state index contributed by atoms with van der Waals surface area (Å²) >= 11 is 5.98. The summed E-state index contributed by atoms with van der Waals surface area (Å²) in [6, 6.07) is 11.0. The lowest BCUT2D eigenvalue weighted by Gasteiger charge is -2.05. The van der Waals surface area contributed by atoms with E-state index in [0.29, 0.717) is 17.3 Å². The minimum absolute atomic E-state index is 0.0835. The number of carbonyl (C=O) groups is 1. The molecule has 0 fully saturated rings. The van der Waals surface area contributed by atoms with E-state index >= 15 is 0 Å². The fourth-order valence-electron chi connectivity index (χ4n) is 1.47. The number of benzene rings is 1. The van der Waals surface area contributed by atoms with E-state index in [9.17, 15) is 4.79 Å². The Morgan fingerprint density at radius 2 is 2.06 bits per heavy atom. The summed E-state index contributed by atoms with van der Waals surface area (Å²) in [4.78, 5) is 11.6. The van der Waals surface area contributed by atoms with Crippen LogP contribution in [-0.4, -0.2) is 5.91 Å². The molecule has 0 aliphatic carbocycles. The first-order chi connectivity index (χ1) is 8.25. The summed E-state index contributed by atoms with van der Waals surface area (Å²) in [5.74, 6) is 0.571. The average Bonchev–Trinajstić information content (AvgIpc) is 2.81. The number of hydrogen-bond donors (Lipinski definition) is 1. The molecule has 0 aliphatic rings. The molecule has 0 saturated carbocycles. The molecule has 1 aromatic carbocycles. The highest BCUT2D eigenvalue weighted by molar-refractivity contribution is 6.31. The quantitative estimate of drug-likeness (QED) is 0.905. The minimum atomic E-state index is -0.0835. The molecular weight excluding hydrogens is 238 g/mol. The maximum Gasteiger partial charge on any atom is 0.227 e. The molecule has 2 rings (SSSR count). The monoisotopic (exact) mass is 249 g/mol. The lowest BCUT2D eigenvalue weighted by atomic mass is 10.2. The van der Waals surface area contributed by atoms with Crippen LogP contribution in [0.2, 0.25) is 5.02 Å². The molecule has 0 atom stereocenters. The van der Waals surface area contributed by atoms with Gasteiger partial charge in [0.15, 0.2) is 0 Å². The van der Waals surface area contributed by atoms with Crippen molar-refractivity contribution < 1.29 is 9.21 Å². The van der Waals surface area contributed by atoms with Crippen molar-refractivity contribution in [3.8, 4) is 0 Å². The normalized spacial score (nSPS) is 10.2. The Morgan fingerprint density at radius 1 is 1.24 bits per heavy atom. The van der Waals surface area contributed by atoms with Gasteiger partial charge >= 0.3 is 0 Å². The van der Waals surface area contributed by atoms with Crippen LogP contribution in [-0.2, 0) is 17.8 Å². The van der Waals surface area contributed by atoms with E-state index in [0.717, 1.165) is 5.56 Å². The van der Waals surface area contributed by atoms with Crippen LogP contribution in [0.25, 0.3) is 0 Å². The number of carbonyl (C=O) groups excluding carboxylic acids is 1. The zero-order chi connectivity index (χ0) is 12.1. The van der Waals surface area contributed by atoms with E-state index < -0.39 is 0 Å². The minimum Gasteiger partial charge on any atom is -0.469 e. The second-order valence-corrected chi connectivity index (χ2v) is 4.03. The molecule has 17 heavy (non-hydrogen) atoms. The molecule has 0 unspecified atom stereocenters. The van der Waals surface area contributed by atoms with Gasteiger partial charge in [-0.05, 0) is 23.8 Å². The zero-order valence-electron chi connectivity index (χ0n) is 9.15. The van der Waals surface area contributed by atoms with Crippen LogP contribution in [0.3, 0.4) is 0 Å². The van der Waals surface area contributed by atoms with Gasteiger partial charge in [-0.1, -0.05) is 29.8 Å². The zero-order valence-corrected chi connectivity index (χ0v) is 9.91. The highest BCUT2D eigenvalue weighted by Crippen LogP contribution is 2.14. The van der Waals surface area contributed by atoms with E-state index in [1.807, 2.05) is 18.2 Å². The molecular formula is C13H12ClNO2. The Balaban J connectivity index is 1.86. The molecule has 0 radical (unpaired) electrons. The number of rotatable bonds is 4. The maximum atomic E-state index is 11.6. The van der Waals surface area contributed by atoms with E-state index in [1.54, 1.807) is 24.5 Å². The Kier molecular flexibility index (Phi) is 3.83. The van der Waals surface area contributed by atoms with Gasteiger partial charge in [-0.3, -0.25) is 4.79 Å². The predicted molar refractivity (Wildman–Crippen MR) is 65.7 cm³/mol. The Labute approximate surface area is 104 Å². The fourth-order valence-corrected chi connectivity index (χ4v) is 1.67. The third kappa shape index (κ3) is 3.36. The second-order valence-electron chi connectivity index (χ2n) is 3.62. The second kappa shape index (κ2) is 5.55. The van der Waals surface area contributed by atoms with Crippen LogP contribution < -0.4 is 5.32 Å². The summed E-state index contributed by atoms with van der Waals surface area (Å²) in [6.07, 6.45) is 1.80. The van der Waals surface area contributed by atoms with Crippen LogP contribution in [0.4, 0.5) is 0 Å². The van der Waals surface area contributed by atoms with Crippen LogP contribution in [0.15, 0.2) is 47.1 Å². The van der Waals surface area contributed by atoms with Gasteiger partial charge in [0.25, 0.3) is 0 Å². The van der Waals surface area contributed by atoms with Gasteiger partial charge in [0.1, 0.15) is 5.76 Å². The summed E-state index contributed by atoms with van der Waals surface area (Å²) in [5.41, 5.74) is 0.905. The summed E-state index contributed by atoms with van der Waals surface area (Å²) in [7, 11) is 0. The van der Waals surface area contributed by atoms with E-state index in [4.69, 9.17) is 16.0 Å². The van der Waals surface area contributed by atoms with E-state index in [1.165, 1.54) is 0 Å². The van der Waals surface area contributed by atoms with Crippen LogP contribution in [0, 0.1) is 0 Å². The van der Waals surface area contributed by atoms with Gasteiger partial charge in [-0.25, -0.2) is 0 Å². The van der Waals surface area contributed by atoms with Gasteiger partial charge in [0.2, 0.25) is 5.91 Å². The molecule has 1 amide bonds. The van der Waals surface area contributed by atoms with Crippen molar-refractivity contribution in [2.24, 2.45) is 0 Å². The van der Waals surface area contributed by atoms with Crippen molar-refractivity contribution in [2.75, 3.05) is 0 Å². The standard InChI is InChI=1S/C13H12ClNO2/c14-12-6-2-1-4-10(12)9-15-13(16)8-11-5-3-7-17-11/h1-7H,8-9H2,(H,15,16). The van der Waals surface area contributed by atoms with E-state index in [-0.39, 0.29) is 12.3 Å². The molecule has 88 valence electrons. The first-order valence-electron chi connectivity index (χ1n) is 5.28. The number of furan rings is 1. The Morgan fingerprint density at radius 3 is 2.76 bits per heavy atom. The molecule has 0 spiro atoms.